The van der Waals surface area contributed by atoms with Gasteiger partial charge in [-0.1, -0.05) is 35.9 Å². The van der Waals surface area contributed by atoms with E-state index in [9.17, 15) is 9.59 Å². The first-order valence-electron chi connectivity index (χ1n) is 8.84. The fourth-order valence-electron chi connectivity index (χ4n) is 2.67. The molecule has 0 fully saturated rings. The molecule has 3 aromatic rings. The quantitative estimate of drug-likeness (QED) is 0.442. The van der Waals surface area contributed by atoms with Crippen molar-refractivity contribution < 1.29 is 14.3 Å². The average Bonchev–Trinajstić information content (AvgIpc) is 2.72. The number of methoxy groups -OCH3 is 1. The maximum Gasteiger partial charge on any atom is 0.255 e. The van der Waals surface area contributed by atoms with Gasteiger partial charge in [0.1, 0.15) is 5.75 Å². The van der Waals surface area contributed by atoms with Crippen molar-refractivity contribution in [2.75, 3.05) is 18.2 Å². The predicted molar refractivity (Wildman–Crippen MR) is 114 cm³/mol. The largest absolute Gasteiger partial charge is 0.496 e. The summed E-state index contributed by atoms with van der Waals surface area (Å²) >= 11 is 1.43. The van der Waals surface area contributed by atoms with Gasteiger partial charge in [-0.3, -0.25) is 9.59 Å². The van der Waals surface area contributed by atoms with E-state index in [1.807, 2.05) is 55.5 Å². The zero-order chi connectivity index (χ0) is 19.9. The number of hydrogen-bond acceptors (Lipinski definition) is 4. The molecule has 3 rings (SSSR count). The Morgan fingerprint density at radius 2 is 1.71 bits per heavy atom. The molecule has 0 unspecified atom stereocenters. The van der Waals surface area contributed by atoms with Crippen molar-refractivity contribution in [3.05, 3.63) is 89.5 Å². The Bertz CT molecular complexity index is 983. The van der Waals surface area contributed by atoms with Crippen LogP contribution in [0.2, 0.25) is 0 Å². The summed E-state index contributed by atoms with van der Waals surface area (Å²) in [4.78, 5) is 25.8. The van der Waals surface area contributed by atoms with E-state index in [1.165, 1.54) is 11.8 Å². The number of carbonyl (C=O) groups excluding carboxylic acids is 2. The van der Waals surface area contributed by atoms with Crippen LogP contribution in [0, 0.1) is 6.92 Å². The minimum atomic E-state index is -0.160. The number of amides is 1. The molecule has 4 nitrogen and oxygen atoms in total. The maximum absolute atomic E-state index is 12.5. The van der Waals surface area contributed by atoms with Crippen LogP contribution in [0.3, 0.4) is 0 Å². The third-order valence-corrected chi connectivity index (χ3v) is 5.18. The van der Waals surface area contributed by atoms with Gasteiger partial charge < -0.3 is 10.1 Å². The number of hydrogen-bond donors (Lipinski definition) is 1. The topological polar surface area (TPSA) is 55.4 Å². The standard InChI is InChI=1S/C23H21NO3S/c1-16-10-12-17(13-11-16)23(26)24-18-6-5-7-19(14-18)28-15-21(25)20-8-3-4-9-22(20)27-2/h3-14H,15H2,1-2H3,(H,24,26). The van der Waals surface area contributed by atoms with Gasteiger partial charge >= 0.3 is 0 Å². The van der Waals surface area contributed by atoms with E-state index in [4.69, 9.17) is 4.74 Å². The Labute approximate surface area is 168 Å². The molecule has 0 saturated carbocycles. The average molecular weight is 391 g/mol. The van der Waals surface area contributed by atoms with E-state index < -0.39 is 0 Å². The lowest BCUT2D eigenvalue weighted by atomic mass is 10.1. The van der Waals surface area contributed by atoms with Crippen molar-refractivity contribution in [2.45, 2.75) is 11.8 Å². The minimum Gasteiger partial charge on any atom is -0.496 e. The van der Waals surface area contributed by atoms with E-state index in [2.05, 4.69) is 5.32 Å². The number of para-hydroxylation sites is 1. The van der Waals surface area contributed by atoms with Crippen molar-refractivity contribution in [3.8, 4) is 5.75 Å². The number of thioether (sulfide) groups is 1. The molecule has 0 aliphatic rings. The molecule has 0 radical (unpaired) electrons. The second kappa shape index (κ2) is 9.24. The fraction of sp³-hybridized carbons (Fsp3) is 0.130. The molecule has 5 heteroatoms. The van der Waals surface area contributed by atoms with Gasteiger partial charge in [0.15, 0.2) is 5.78 Å². The monoisotopic (exact) mass is 391 g/mol. The smallest absolute Gasteiger partial charge is 0.255 e. The molecule has 0 heterocycles. The zero-order valence-corrected chi connectivity index (χ0v) is 16.6. The van der Waals surface area contributed by atoms with E-state index in [0.717, 1.165) is 10.5 Å². The molecule has 0 aliphatic carbocycles. The summed E-state index contributed by atoms with van der Waals surface area (Å²) in [6.45, 7) is 1.98. The van der Waals surface area contributed by atoms with Crippen molar-refractivity contribution in [2.24, 2.45) is 0 Å². The van der Waals surface area contributed by atoms with Gasteiger partial charge in [-0.2, -0.15) is 0 Å². The van der Waals surface area contributed by atoms with Crippen LogP contribution < -0.4 is 10.1 Å². The molecule has 0 saturated heterocycles. The van der Waals surface area contributed by atoms with Gasteiger partial charge in [0.05, 0.1) is 18.4 Å². The number of anilines is 1. The molecule has 142 valence electrons. The molecule has 0 spiro atoms. The zero-order valence-electron chi connectivity index (χ0n) is 15.8. The lowest BCUT2D eigenvalue weighted by molar-refractivity contribution is 0.101. The van der Waals surface area contributed by atoms with E-state index in [-0.39, 0.29) is 17.4 Å². The van der Waals surface area contributed by atoms with Crippen LogP contribution in [-0.4, -0.2) is 24.6 Å². The maximum atomic E-state index is 12.5. The lowest BCUT2D eigenvalue weighted by Crippen LogP contribution is -2.11. The number of carbonyl (C=O) groups is 2. The van der Waals surface area contributed by atoms with Crippen molar-refractivity contribution in [3.63, 3.8) is 0 Å². The molecular formula is C23H21NO3S. The summed E-state index contributed by atoms with van der Waals surface area (Å²) in [5.74, 6) is 0.700. The molecule has 1 amide bonds. The lowest BCUT2D eigenvalue weighted by Gasteiger charge is -2.09. The minimum absolute atomic E-state index is 0.00320. The summed E-state index contributed by atoms with van der Waals surface area (Å²) in [7, 11) is 1.56. The normalized spacial score (nSPS) is 10.4. The number of nitrogens with one attached hydrogen (secondary N) is 1. The first-order valence-corrected chi connectivity index (χ1v) is 9.82. The molecule has 0 aromatic heterocycles. The number of rotatable bonds is 7. The molecule has 0 atom stereocenters. The van der Waals surface area contributed by atoms with Gasteiger partial charge in [0.2, 0.25) is 0 Å². The Morgan fingerprint density at radius 1 is 0.964 bits per heavy atom. The molecule has 28 heavy (non-hydrogen) atoms. The molecular weight excluding hydrogens is 370 g/mol. The molecule has 3 aromatic carbocycles. The van der Waals surface area contributed by atoms with Gasteiger partial charge in [0, 0.05) is 16.1 Å². The number of aryl methyl sites for hydroxylation is 1. The van der Waals surface area contributed by atoms with Gasteiger partial charge in [0.25, 0.3) is 5.91 Å². The first-order chi connectivity index (χ1) is 13.6. The van der Waals surface area contributed by atoms with Crippen LogP contribution in [0.1, 0.15) is 26.3 Å². The number of Topliss-reactive ketones (excluding diaryl/α,β-unsaturated/α-hetero) is 1. The highest BCUT2D eigenvalue weighted by Crippen LogP contribution is 2.25. The number of ketones is 1. The van der Waals surface area contributed by atoms with E-state index >= 15 is 0 Å². The first kappa shape index (κ1) is 19.7. The van der Waals surface area contributed by atoms with E-state index in [1.54, 1.807) is 31.4 Å². The van der Waals surface area contributed by atoms with Crippen LogP contribution in [0.5, 0.6) is 5.75 Å². The number of ether oxygens (including phenoxy) is 1. The van der Waals surface area contributed by atoms with Crippen molar-refractivity contribution in [1.29, 1.82) is 0 Å². The summed E-state index contributed by atoms with van der Waals surface area (Å²) in [5, 5.41) is 2.90. The van der Waals surface area contributed by atoms with E-state index in [0.29, 0.717) is 22.6 Å². The van der Waals surface area contributed by atoms with Gasteiger partial charge in [-0.15, -0.1) is 11.8 Å². The fourth-order valence-corrected chi connectivity index (χ4v) is 3.51. The van der Waals surface area contributed by atoms with Crippen LogP contribution in [-0.2, 0) is 0 Å². The van der Waals surface area contributed by atoms with Gasteiger partial charge in [-0.05, 0) is 49.4 Å². The summed E-state index contributed by atoms with van der Waals surface area (Å²) < 4.78 is 5.25. The summed E-state index contributed by atoms with van der Waals surface area (Å²) in [5.41, 5.74) is 2.98. The Kier molecular flexibility index (Phi) is 6.50. The predicted octanol–water partition coefficient (Wildman–Crippen LogP) is 5.23. The number of benzene rings is 3. The summed E-state index contributed by atoms with van der Waals surface area (Å²) in [6.07, 6.45) is 0. The molecule has 1 N–H and O–H groups in total. The van der Waals surface area contributed by atoms with Crippen molar-refractivity contribution >= 4 is 29.1 Å². The van der Waals surface area contributed by atoms with Crippen LogP contribution in [0.25, 0.3) is 0 Å². The highest BCUT2D eigenvalue weighted by Gasteiger charge is 2.12. The third kappa shape index (κ3) is 5.02. The third-order valence-electron chi connectivity index (χ3n) is 4.18. The Morgan fingerprint density at radius 3 is 2.46 bits per heavy atom. The second-order valence-electron chi connectivity index (χ2n) is 6.26. The van der Waals surface area contributed by atoms with Crippen molar-refractivity contribution in [1.82, 2.24) is 0 Å². The second-order valence-corrected chi connectivity index (χ2v) is 7.31. The summed E-state index contributed by atoms with van der Waals surface area (Å²) in [6, 6.07) is 22.1. The van der Waals surface area contributed by atoms with Crippen LogP contribution in [0.15, 0.2) is 77.7 Å². The van der Waals surface area contributed by atoms with Crippen LogP contribution in [0.4, 0.5) is 5.69 Å². The Balaban J connectivity index is 1.64. The highest BCUT2D eigenvalue weighted by molar-refractivity contribution is 8.00. The SMILES string of the molecule is COc1ccccc1C(=O)CSc1cccc(NC(=O)c2ccc(C)cc2)c1. The highest BCUT2D eigenvalue weighted by atomic mass is 32.2. The molecule has 0 bridgehead atoms. The van der Waals surface area contributed by atoms with Gasteiger partial charge in [-0.25, -0.2) is 0 Å². The Hall–Kier alpha value is -3.05. The van der Waals surface area contributed by atoms with Crippen LogP contribution >= 0.6 is 11.8 Å². The molecule has 0 aliphatic heterocycles.